The van der Waals surface area contributed by atoms with Gasteiger partial charge in [0.2, 0.25) is 5.91 Å². The minimum absolute atomic E-state index is 0.167. The molecule has 2 bridgehead atoms. The van der Waals surface area contributed by atoms with Gasteiger partial charge in [-0.1, -0.05) is 58.0 Å². The van der Waals surface area contributed by atoms with Gasteiger partial charge in [-0.05, 0) is 54.4 Å². The van der Waals surface area contributed by atoms with E-state index in [0.717, 1.165) is 18.4 Å². The minimum atomic E-state index is -0.792. The molecule has 3 aliphatic carbocycles. The SMILES string of the molecule is CC(C)CC(NC(=O)C(Cc1ccccc1)NC(=O)c1cnccn1)B1OCC2(CC3CC(C2)C3(C)C)O1. The van der Waals surface area contributed by atoms with Crippen molar-refractivity contribution in [2.75, 3.05) is 6.61 Å². The molecular formula is C29H39BN4O4. The highest BCUT2D eigenvalue weighted by atomic mass is 16.7. The molecule has 9 heteroatoms. The lowest BCUT2D eigenvalue weighted by molar-refractivity contribution is -0.149. The summed E-state index contributed by atoms with van der Waals surface area (Å²) in [6, 6.07) is 8.88. The second-order valence-corrected chi connectivity index (χ2v) is 12.4. The highest BCUT2D eigenvalue weighted by Crippen LogP contribution is 2.63. The van der Waals surface area contributed by atoms with Gasteiger partial charge in [0, 0.05) is 18.8 Å². The molecule has 2 amide bonds. The number of nitrogens with zero attached hydrogens (tertiary/aromatic N) is 2. The molecule has 2 N–H and O–H groups in total. The molecule has 4 fully saturated rings. The van der Waals surface area contributed by atoms with Gasteiger partial charge in [0.25, 0.3) is 5.91 Å². The predicted molar refractivity (Wildman–Crippen MR) is 145 cm³/mol. The van der Waals surface area contributed by atoms with Crippen molar-refractivity contribution in [2.24, 2.45) is 23.2 Å². The van der Waals surface area contributed by atoms with Crippen LogP contribution < -0.4 is 10.6 Å². The Bertz CT molecular complexity index is 1120. The van der Waals surface area contributed by atoms with Crippen LogP contribution in [0.1, 0.15) is 69.4 Å². The quantitative estimate of drug-likeness (QED) is 0.492. The number of rotatable bonds is 9. The highest BCUT2D eigenvalue weighted by molar-refractivity contribution is 6.47. The van der Waals surface area contributed by atoms with Crippen LogP contribution in [0.15, 0.2) is 48.9 Å². The number of carbonyl (C=O) groups is 2. The summed E-state index contributed by atoms with van der Waals surface area (Å²) in [5.74, 6) is 0.620. The summed E-state index contributed by atoms with van der Waals surface area (Å²) in [6.07, 6.45) is 8.72. The van der Waals surface area contributed by atoms with Gasteiger partial charge in [-0.15, -0.1) is 0 Å². The molecule has 4 aliphatic rings. The fourth-order valence-electron chi connectivity index (χ4n) is 6.50. The molecule has 2 aromatic rings. The average Bonchev–Trinajstić information content (AvgIpc) is 3.31. The van der Waals surface area contributed by atoms with E-state index >= 15 is 0 Å². The lowest BCUT2D eigenvalue weighted by Crippen LogP contribution is -2.59. The van der Waals surface area contributed by atoms with Gasteiger partial charge in [0.1, 0.15) is 11.7 Å². The molecule has 38 heavy (non-hydrogen) atoms. The summed E-state index contributed by atoms with van der Waals surface area (Å²) in [6.45, 7) is 9.56. The molecule has 1 saturated heterocycles. The number of nitrogens with one attached hydrogen (secondary N) is 2. The van der Waals surface area contributed by atoms with E-state index in [0.29, 0.717) is 42.6 Å². The Hall–Kier alpha value is -2.78. The first-order valence-corrected chi connectivity index (χ1v) is 13.9. The molecule has 8 nitrogen and oxygen atoms in total. The van der Waals surface area contributed by atoms with Crippen molar-refractivity contribution in [3.8, 4) is 0 Å². The average molecular weight is 518 g/mol. The molecule has 3 saturated carbocycles. The zero-order valence-electron chi connectivity index (χ0n) is 22.9. The molecule has 1 spiro atoms. The zero-order valence-corrected chi connectivity index (χ0v) is 22.9. The van der Waals surface area contributed by atoms with Gasteiger partial charge in [-0.25, -0.2) is 4.98 Å². The fraction of sp³-hybridized carbons (Fsp3) is 0.586. The van der Waals surface area contributed by atoms with E-state index in [-0.39, 0.29) is 23.1 Å². The summed E-state index contributed by atoms with van der Waals surface area (Å²) < 4.78 is 12.9. The molecule has 1 aromatic heterocycles. The second kappa shape index (κ2) is 10.8. The number of hydrogen-bond acceptors (Lipinski definition) is 6. The normalized spacial score (nSPS) is 27.0. The summed E-state index contributed by atoms with van der Waals surface area (Å²) in [5.41, 5.74) is 1.24. The standard InChI is InChI=1S/C29H39BN4O4/c1-19(2)12-25(30-37-18-29(38-30)15-21-14-22(16-29)28(21,3)4)34-26(35)23(13-20-8-6-5-7-9-20)33-27(36)24-17-31-10-11-32-24/h5-11,17,19,21-23,25H,12-16,18H2,1-4H3,(H,33,36)(H,34,35). The van der Waals surface area contributed by atoms with Crippen LogP contribution in [-0.4, -0.2) is 53.1 Å². The lowest BCUT2D eigenvalue weighted by Gasteiger charge is -2.61. The van der Waals surface area contributed by atoms with Gasteiger partial charge < -0.3 is 19.9 Å². The van der Waals surface area contributed by atoms with Crippen molar-refractivity contribution in [1.29, 1.82) is 0 Å². The first-order valence-electron chi connectivity index (χ1n) is 13.9. The number of hydrogen-bond donors (Lipinski definition) is 2. The summed E-state index contributed by atoms with van der Waals surface area (Å²) in [7, 11) is -0.505. The molecular weight excluding hydrogens is 479 g/mol. The van der Waals surface area contributed by atoms with E-state index in [9.17, 15) is 9.59 Å². The summed E-state index contributed by atoms with van der Waals surface area (Å²) >= 11 is 0. The van der Waals surface area contributed by atoms with Crippen molar-refractivity contribution in [3.05, 3.63) is 60.2 Å². The molecule has 0 radical (unpaired) electrons. The van der Waals surface area contributed by atoms with Crippen LogP contribution in [0.5, 0.6) is 0 Å². The zero-order chi connectivity index (χ0) is 26.9. The van der Waals surface area contributed by atoms with Crippen LogP contribution in [-0.2, 0) is 20.5 Å². The van der Waals surface area contributed by atoms with Crippen LogP contribution in [0.4, 0.5) is 0 Å². The Labute approximate surface area is 225 Å². The third-order valence-electron chi connectivity index (χ3n) is 8.87. The Morgan fingerprint density at radius 3 is 2.47 bits per heavy atom. The molecule has 1 aliphatic heterocycles. The van der Waals surface area contributed by atoms with Gasteiger partial charge in [-0.2, -0.15) is 0 Å². The van der Waals surface area contributed by atoms with Gasteiger partial charge >= 0.3 is 7.12 Å². The third-order valence-corrected chi connectivity index (χ3v) is 8.87. The van der Waals surface area contributed by atoms with Gasteiger partial charge in [-0.3, -0.25) is 14.6 Å². The van der Waals surface area contributed by atoms with Crippen LogP contribution in [0, 0.1) is 23.2 Å². The van der Waals surface area contributed by atoms with Crippen molar-refractivity contribution in [2.45, 2.75) is 77.4 Å². The molecule has 202 valence electrons. The topological polar surface area (TPSA) is 102 Å². The molecule has 2 heterocycles. The lowest BCUT2D eigenvalue weighted by atomic mass is 9.46. The van der Waals surface area contributed by atoms with Crippen LogP contribution in [0.3, 0.4) is 0 Å². The van der Waals surface area contributed by atoms with Crippen molar-refractivity contribution in [1.82, 2.24) is 20.6 Å². The van der Waals surface area contributed by atoms with E-state index in [4.69, 9.17) is 9.31 Å². The smallest absolute Gasteiger partial charge is 0.407 e. The highest BCUT2D eigenvalue weighted by Gasteiger charge is 2.61. The van der Waals surface area contributed by atoms with E-state index < -0.39 is 19.1 Å². The maximum atomic E-state index is 13.7. The largest absolute Gasteiger partial charge is 0.481 e. The van der Waals surface area contributed by atoms with Crippen molar-refractivity contribution < 1.29 is 18.9 Å². The Morgan fingerprint density at radius 1 is 1.11 bits per heavy atom. The van der Waals surface area contributed by atoms with Gasteiger partial charge in [0.15, 0.2) is 0 Å². The fourth-order valence-corrected chi connectivity index (χ4v) is 6.50. The Kier molecular flexibility index (Phi) is 7.60. The molecule has 6 rings (SSSR count). The predicted octanol–water partition coefficient (Wildman–Crippen LogP) is 3.62. The van der Waals surface area contributed by atoms with E-state index in [1.165, 1.54) is 25.0 Å². The maximum Gasteiger partial charge on any atom is 0.481 e. The monoisotopic (exact) mass is 518 g/mol. The van der Waals surface area contributed by atoms with Crippen molar-refractivity contribution in [3.63, 3.8) is 0 Å². The van der Waals surface area contributed by atoms with Gasteiger partial charge in [0.05, 0.1) is 24.3 Å². The molecule has 4 unspecified atom stereocenters. The van der Waals surface area contributed by atoms with Crippen LogP contribution >= 0.6 is 0 Å². The summed E-state index contributed by atoms with van der Waals surface area (Å²) in [5, 5.41) is 6.06. The van der Waals surface area contributed by atoms with Crippen LogP contribution in [0.25, 0.3) is 0 Å². The number of amides is 2. The molecule has 4 atom stereocenters. The first-order chi connectivity index (χ1) is 18.1. The summed E-state index contributed by atoms with van der Waals surface area (Å²) in [4.78, 5) is 34.7. The first kappa shape index (κ1) is 26.8. The van der Waals surface area contributed by atoms with Crippen LogP contribution in [0.2, 0.25) is 0 Å². The van der Waals surface area contributed by atoms with Crippen molar-refractivity contribution >= 4 is 18.9 Å². The van der Waals surface area contributed by atoms with E-state index in [2.05, 4.69) is 48.3 Å². The minimum Gasteiger partial charge on any atom is -0.407 e. The van der Waals surface area contributed by atoms with E-state index in [1.54, 1.807) is 0 Å². The number of aromatic nitrogens is 2. The third kappa shape index (κ3) is 5.64. The molecule has 1 aromatic carbocycles. The number of carbonyl (C=O) groups excluding carboxylic acids is 2. The Morgan fingerprint density at radius 2 is 1.84 bits per heavy atom. The van der Waals surface area contributed by atoms with E-state index in [1.807, 2.05) is 30.3 Å². The maximum absolute atomic E-state index is 13.7. The Balaban J connectivity index is 1.30. The second-order valence-electron chi connectivity index (χ2n) is 12.4. The number of benzene rings is 1.